The Morgan fingerprint density at radius 1 is 1.14 bits per heavy atom. The van der Waals surface area contributed by atoms with Crippen molar-refractivity contribution in [1.82, 2.24) is 20.0 Å². The van der Waals surface area contributed by atoms with Crippen molar-refractivity contribution in [2.75, 3.05) is 30.8 Å². The number of carbonyl (C=O) groups is 1. The van der Waals surface area contributed by atoms with Crippen LogP contribution in [0.2, 0.25) is 0 Å². The molecule has 10 nitrogen and oxygen atoms in total. The minimum atomic E-state index is -3.27. The Balaban J connectivity index is 1.38. The zero-order chi connectivity index (χ0) is 25.0. The number of amides is 1. The number of nitrogens with zero attached hydrogens (tertiary/aromatic N) is 5. The van der Waals surface area contributed by atoms with Crippen molar-refractivity contribution in [3.05, 3.63) is 35.8 Å². The highest BCUT2D eigenvalue weighted by Crippen LogP contribution is 2.40. The summed E-state index contributed by atoms with van der Waals surface area (Å²) in [6.07, 6.45) is 4.61. The van der Waals surface area contributed by atoms with Crippen LogP contribution in [0.5, 0.6) is 0 Å². The predicted octanol–water partition coefficient (Wildman–Crippen LogP) is 3.83. The molecule has 2 aliphatic rings. The molecule has 0 N–H and O–H groups in total. The second-order valence-electron chi connectivity index (χ2n) is 10.1. The lowest BCUT2D eigenvalue weighted by molar-refractivity contribution is 0.0204. The van der Waals surface area contributed by atoms with Crippen molar-refractivity contribution in [3.8, 4) is 0 Å². The normalized spacial score (nSPS) is 17.1. The first-order valence-corrected chi connectivity index (χ1v) is 13.6. The van der Waals surface area contributed by atoms with Gasteiger partial charge in [-0.1, -0.05) is 5.16 Å². The number of rotatable bonds is 3. The second kappa shape index (κ2) is 8.47. The van der Waals surface area contributed by atoms with E-state index in [9.17, 15) is 13.2 Å². The molecule has 35 heavy (non-hydrogen) atoms. The lowest BCUT2D eigenvalue weighted by Gasteiger charge is -2.32. The van der Waals surface area contributed by atoms with E-state index in [-0.39, 0.29) is 12.0 Å². The molecular formula is C24H29N5O5S. The number of benzene rings is 1. The van der Waals surface area contributed by atoms with Gasteiger partial charge in [0.15, 0.2) is 15.7 Å². The summed E-state index contributed by atoms with van der Waals surface area (Å²) in [5.74, 6) is 0.728. The smallest absolute Gasteiger partial charge is 0.410 e. The van der Waals surface area contributed by atoms with Crippen LogP contribution in [-0.2, 0) is 21.0 Å². The van der Waals surface area contributed by atoms with Crippen LogP contribution in [0.25, 0.3) is 11.1 Å². The van der Waals surface area contributed by atoms with Gasteiger partial charge in [0.05, 0.1) is 4.90 Å². The monoisotopic (exact) mass is 499 g/mol. The van der Waals surface area contributed by atoms with E-state index >= 15 is 0 Å². The Morgan fingerprint density at radius 3 is 2.57 bits per heavy atom. The number of anilines is 2. The summed E-state index contributed by atoms with van der Waals surface area (Å²) in [6, 6.07) is 5.17. The summed E-state index contributed by atoms with van der Waals surface area (Å²) in [7, 11) is -3.27. The lowest BCUT2D eigenvalue weighted by atomic mass is 9.93. The summed E-state index contributed by atoms with van der Waals surface area (Å²) in [6.45, 7) is 7.39. The minimum absolute atomic E-state index is 0.112. The van der Waals surface area contributed by atoms with Crippen molar-refractivity contribution in [3.63, 3.8) is 0 Å². The fraction of sp³-hybridized carbons (Fsp3) is 0.500. The molecular weight excluding hydrogens is 470 g/mol. The summed E-state index contributed by atoms with van der Waals surface area (Å²) in [4.78, 5) is 25.4. The molecule has 2 aromatic heterocycles. The van der Waals surface area contributed by atoms with Gasteiger partial charge in [-0.2, -0.15) is 0 Å². The largest absolute Gasteiger partial charge is 0.444 e. The zero-order valence-corrected chi connectivity index (χ0v) is 21.1. The third kappa shape index (κ3) is 4.56. The first-order chi connectivity index (χ1) is 16.5. The Kier molecular flexibility index (Phi) is 5.70. The van der Waals surface area contributed by atoms with Crippen molar-refractivity contribution >= 4 is 38.5 Å². The SMILES string of the molecule is CC(C)(C)OC(=O)N1CCC(c2noc3c(N4CCc5cc(S(C)(=O)=O)ccc54)ncnc23)CC1. The Labute approximate surface area is 204 Å². The van der Waals surface area contributed by atoms with Gasteiger partial charge in [0.2, 0.25) is 5.58 Å². The number of hydrogen-bond donors (Lipinski definition) is 0. The number of likely N-dealkylation sites (tertiary alicyclic amines) is 1. The summed E-state index contributed by atoms with van der Waals surface area (Å²) >= 11 is 0. The van der Waals surface area contributed by atoms with Gasteiger partial charge in [0, 0.05) is 37.5 Å². The fourth-order valence-corrected chi connectivity index (χ4v) is 5.39. The standard InChI is InChI=1S/C24H29N5O5S/c1-24(2,3)33-23(30)28-10-7-15(8-11-28)19-20-21(34-27-19)22(26-14-25-20)29-12-9-16-13-17(35(4,31)32)5-6-18(16)29/h5-6,13-15H,7-12H2,1-4H3. The zero-order valence-electron chi connectivity index (χ0n) is 20.3. The molecule has 4 heterocycles. The van der Waals surface area contributed by atoms with Gasteiger partial charge < -0.3 is 19.1 Å². The van der Waals surface area contributed by atoms with Crippen molar-refractivity contribution in [1.29, 1.82) is 0 Å². The molecule has 0 aliphatic carbocycles. The predicted molar refractivity (Wildman–Crippen MR) is 130 cm³/mol. The number of piperidine rings is 1. The Morgan fingerprint density at radius 2 is 1.89 bits per heavy atom. The Hall–Kier alpha value is -3.21. The maximum atomic E-state index is 12.4. The first-order valence-electron chi connectivity index (χ1n) is 11.7. The molecule has 0 radical (unpaired) electrons. The lowest BCUT2D eigenvalue weighted by Crippen LogP contribution is -2.41. The van der Waals surface area contributed by atoms with Crippen LogP contribution >= 0.6 is 0 Å². The van der Waals surface area contributed by atoms with Crippen LogP contribution in [0.1, 0.15) is 50.8 Å². The van der Waals surface area contributed by atoms with Gasteiger partial charge in [0.1, 0.15) is 23.1 Å². The third-order valence-corrected chi connectivity index (χ3v) is 7.54. The van der Waals surface area contributed by atoms with Crippen LogP contribution in [-0.4, -0.2) is 66.0 Å². The first kappa shape index (κ1) is 23.5. The molecule has 1 aromatic carbocycles. The van der Waals surface area contributed by atoms with E-state index in [0.29, 0.717) is 47.9 Å². The average Bonchev–Trinajstić information content (AvgIpc) is 3.41. The fourth-order valence-electron chi connectivity index (χ4n) is 4.72. The summed E-state index contributed by atoms with van der Waals surface area (Å²) in [5.41, 5.74) is 3.29. The number of carbonyl (C=O) groups excluding carboxylic acids is 1. The molecule has 3 aromatic rings. The van der Waals surface area contributed by atoms with E-state index in [1.165, 1.54) is 12.6 Å². The van der Waals surface area contributed by atoms with E-state index in [0.717, 1.165) is 29.8 Å². The van der Waals surface area contributed by atoms with Crippen LogP contribution in [0.4, 0.5) is 16.3 Å². The molecule has 2 aliphatic heterocycles. The van der Waals surface area contributed by atoms with Gasteiger partial charge in [-0.3, -0.25) is 0 Å². The van der Waals surface area contributed by atoms with E-state index in [4.69, 9.17) is 9.26 Å². The highest BCUT2D eigenvalue weighted by atomic mass is 32.2. The quantitative estimate of drug-likeness (QED) is 0.529. The van der Waals surface area contributed by atoms with E-state index in [1.54, 1.807) is 17.0 Å². The van der Waals surface area contributed by atoms with E-state index in [2.05, 4.69) is 15.1 Å². The molecule has 0 saturated carbocycles. The Bertz CT molecular complexity index is 1390. The molecule has 0 atom stereocenters. The van der Waals surface area contributed by atoms with E-state index in [1.807, 2.05) is 31.7 Å². The number of fused-ring (bicyclic) bond motifs is 2. The van der Waals surface area contributed by atoms with E-state index < -0.39 is 15.4 Å². The van der Waals surface area contributed by atoms with Gasteiger partial charge in [-0.15, -0.1) is 0 Å². The third-order valence-electron chi connectivity index (χ3n) is 6.43. The van der Waals surface area contributed by atoms with Gasteiger partial charge in [-0.25, -0.2) is 23.2 Å². The summed E-state index contributed by atoms with van der Waals surface area (Å²) < 4.78 is 35.1. The molecule has 186 valence electrons. The summed E-state index contributed by atoms with van der Waals surface area (Å²) in [5, 5.41) is 4.36. The average molecular weight is 500 g/mol. The number of aromatic nitrogens is 3. The highest BCUT2D eigenvalue weighted by molar-refractivity contribution is 7.90. The van der Waals surface area contributed by atoms with Crippen molar-refractivity contribution < 1.29 is 22.5 Å². The maximum Gasteiger partial charge on any atom is 0.410 e. The molecule has 5 rings (SSSR count). The van der Waals surface area contributed by atoms with Gasteiger partial charge in [-0.05, 0) is 63.8 Å². The van der Waals surface area contributed by atoms with Crippen LogP contribution in [0.15, 0.2) is 33.9 Å². The van der Waals surface area contributed by atoms with Crippen LogP contribution < -0.4 is 4.90 Å². The molecule has 1 amide bonds. The van der Waals surface area contributed by atoms with Gasteiger partial charge in [0.25, 0.3) is 0 Å². The van der Waals surface area contributed by atoms with Crippen molar-refractivity contribution in [2.24, 2.45) is 0 Å². The highest BCUT2D eigenvalue weighted by Gasteiger charge is 2.32. The molecule has 0 spiro atoms. The van der Waals surface area contributed by atoms with Crippen molar-refractivity contribution in [2.45, 2.75) is 56.4 Å². The molecule has 1 fully saturated rings. The second-order valence-corrected chi connectivity index (χ2v) is 12.2. The minimum Gasteiger partial charge on any atom is -0.444 e. The molecule has 1 saturated heterocycles. The number of ether oxygens (including phenoxy) is 1. The number of sulfone groups is 1. The molecule has 0 unspecified atom stereocenters. The van der Waals surface area contributed by atoms with Gasteiger partial charge >= 0.3 is 6.09 Å². The topological polar surface area (TPSA) is 119 Å². The molecule has 11 heteroatoms. The van der Waals surface area contributed by atoms with Crippen LogP contribution in [0, 0.1) is 0 Å². The number of hydrogen-bond acceptors (Lipinski definition) is 9. The van der Waals surface area contributed by atoms with Crippen LogP contribution in [0.3, 0.4) is 0 Å². The molecule has 0 bridgehead atoms. The maximum absolute atomic E-state index is 12.4.